The fraction of sp³-hybridized carbons (Fsp3) is 0.571. The maximum Gasteiger partial charge on any atom is 0.161 e. The molecule has 0 saturated carbocycles. The predicted molar refractivity (Wildman–Crippen MR) is 76.5 cm³/mol. The highest BCUT2D eigenvalue weighted by atomic mass is 35.5. The number of fused-ring (bicyclic) bond motifs is 1. The number of halogens is 1. The number of aromatic nitrogens is 3. The summed E-state index contributed by atoms with van der Waals surface area (Å²) in [6.45, 7) is 5.79. The van der Waals surface area contributed by atoms with Crippen LogP contribution in [0.25, 0.3) is 5.65 Å². The van der Waals surface area contributed by atoms with E-state index >= 15 is 0 Å². The van der Waals surface area contributed by atoms with E-state index in [-0.39, 0.29) is 0 Å². The summed E-state index contributed by atoms with van der Waals surface area (Å²) in [5.41, 5.74) is 0.841. The lowest BCUT2D eigenvalue weighted by atomic mass is 9.93. The highest BCUT2D eigenvalue weighted by Crippen LogP contribution is 2.22. The number of hydrogen-bond acceptors (Lipinski definition) is 3. The normalized spacial score (nSPS) is 18.2. The molecule has 1 aliphatic rings. The number of hydrogen-bond donors (Lipinski definition) is 0. The molecule has 19 heavy (non-hydrogen) atoms. The maximum atomic E-state index is 6.24. The van der Waals surface area contributed by atoms with E-state index in [0.717, 1.165) is 24.4 Å². The van der Waals surface area contributed by atoms with Crippen LogP contribution in [-0.4, -0.2) is 39.1 Å². The molecule has 2 aromatic rings. The van der Waals surface area contributed by atoms with Crippen molar-refractivity contribution in [1.29, 1.82) is 0 Å². The minimum atomic E-state index is 0.698. The third-order valence-electron chi connectivity index (χ3n) is 4.07. The third kappa shape index (κ3) is 2.60. The van der Waals surface area contributed by atoms with Gasteiger partial charge in [0.05, 0.1) is 0 Å². The van der Waals surface area contributed by atoms with Gasteiger partial charge in [0.1, 0.15) is 11.0 Å². The van der Waals surface area contributed by atoms with Crippen molar-refractivity contribution in [3.63, 3.8) is 0 Å². The van der Waals surface area contributed by atoms with Crippen LogP contribution in [-0.2, 0) is 6.42 Å². The van der Waals surface area contributed by atoms with E-state index in [9.17, 15) is 0 Å². The van der Waals surface area contributed by atoms with Crippen molar-refractivity contribution in [2.45, 2.75) is 26.2 Å². The second-order valence-electron chi connectivity index (χ2n) is 5.24. The number of nitrogens with zero attached hydrogens (tertiary/aromatic N) is 4. The molecule has 1 aliphatic heterocycles. The van der Waals surface area contributed by atoms with Gasteiger partial charge in [0.25, 0.3) is 0 Å². The molecule has 0 bridgehead atoms. The average molecular weight is 279 g/mol. The van der Waals surface area contributed by atoms with Gasteiger partial charge < -0.3 is 4.90 Å². The topological polar surface area (TPSA) is 33.4 Å². The van der Waals surface area contributed by atoms with Gasteiger partial charge in [-0.15, -0.1) is 10.2 Å². The second-order valence-corrected chi connectivity index (χ2v) is 5.63. The van der Waals surface area contributed by atoms with Crippen molar-refractivity contribution in [2.24, 2.45) is 5.92 Å². The first-order valence-electron chi connectivity index (χ1n) is 6.99. The minimum absolute atomic E-state index is 0.698. The summed E-state index contributed by atoms with van der Waals surface area (Å²) in [5, 5.41) is 9.20. The molecule has 0 aliphatic carbocycles. The molecule has 0 spiro atoms. The van der Waals surface area contributed by atoms with Gasteiger partial charge in [-0.05, 0) is 50.5 Å². The van der Waals surface area contributed by atoms with E-state index < -0.39 is 0 Å². The van der Waals surface area contributed by atoms with Gasteiger partial charge in [0.15, 0.2) is 5.65 Å². The molecule has 1 fully saturated rings. The standard InChI is InChI=1S/C14H19ClN4/c1-2-18-8-6-11(7-9-18)10-14-17-16-13-5-3-4-12(15)19(13)14/h3-5,11H,2,6-10H2,1H3. The first-order chi connectivity index (χ1) is 9.28. The first-order valence-corrected chi connectivity index (χ1v) is 7.36. The molecule has 102 valence electrons. The van der Waals surface area contributed by atoms with Gasteiger partial charge in [-0.1, -0.05) is 24.6 Å². The van der Waals surface area contributed by atoms with Gasteiger partial charge >= 0.3 is 0 Å². The number of piperidine rings is 1. The van der Waals surface area contributed by atoms with Crippen molar-refractivity contribution >= 4 is 17.2 Å². The van der Waals surface area contributed by atoms with Crippen molar-refractivity contribution < 1.29 is 0 Å². The molecule has 0 unspecified atom stereocenters. The summed E-state index contributed by atoms with van der Waals surface area (Å²) >= 11 is 6.24. The zero-order valence-corrected chi connectivity index (χ0v) is 12.0. The van der Waals surface area contributed by atoms with Crippen LogP contribution >= 0.6 is 11.6 Å². The van der Waals surface area contributed by atoms with Gasteiger partial charge in [-0.25, -0.2) is 0 Å². The van der Waals surface area contributed by atoms with E-state index in [1.54, 1.807) is 0 Å². The van der Waals surface area contributed by atoms with Crippen molar-refractivity contribution in [1.82, 2.24) is 19.5 Å². The zero-order chi connectivity index (χ0) is 13.2. The van der Waals surface area contributed by atoms with Gasteiger partial charge in [-0.3, -0.25) is 4.40 Å². The number of likely N-dealkylation sites (tertiary alicyclic amines) is 1. The van der Waals surface area contributed by atoms with Crippen LogP contribution in [0.1, 0.15) is 25.6 Å². The summed E-state index contributed by atoms with van der Waals surface area (Å²) in [6.07, 6.45) is 3.46. The average Bonchev–Trinajstić information content (AvgIpc) is 2.84. The van der Waals surface area contributed by atoms with E-state index in [1.807, 2.05) is 22.6 Å². The smallest absolute Gasteiger partial charge is 0.161 e. The molecule has 0 radical (unpaired) electrons. The molecule has 5 heteroatoms. The Balaban J connectivity index is 1.75. The van der Waals surface area contributed by atoms with Crippen molar-refractivity contribution in [3.05, 3.63) is 29.2 Å². The Labute approximate surface area is 118 Å². The summed E-state index contributed by atoms with van der Waals surface area (Å²) in [6, 6.07) is 5.75. The van der Waals surface area contributed by atoms with Gasteiger partial charge in [0, 0.05) is 6.42 Å². The van der Waals surface area contributed by atoms with Crippen LogP contribution in [0, 0.1) is 5.92 Å². The van der Waals surface area contributed by atoms with E-state index in [1.165, 1.54) is 25.9 Å². The molecule has 2 aromatic heterocycles. The number of rotatable bonds is 3. The monoisotopic (exact) mass is 278 g/mol. The molecule has 3 rings (SSSR count). The van der Waals surface area contributed by atoms with Crippen LogP contribution < -0.4 is 0 Å². The second kappa shape index (κ2) is 5.47. The van der Waals surface area contributed by atoms with E-state index in [4.69, 9.17) is 11.6 Å². The van der Waals surface area contributed by atoms with E-state index in [2.05, 4.69) is 22.0 Å². The molecule has 1 saturated heterocycles. The van der Waals surface area contributed by atoms with Crippen LogP contribution in [0.15, 0.2) is 18.2 Å². The Morgan fingerprint density at radius 1 is 1.26 bits per heavy atom. The van der Waals surface area contributed by atoms with Crippen LogP contribution in [0.2, 0.25) is 5.15 Å². The van der Waals surface area contributed by atoms with Gasteiger partial charge in [-0.2, -0.15) is 0 Å². The largest absolute Gasteiger partial charge is 0.304 e. The Morgan fingerprint density at radius 3 is 2.79 bits per heavy atom. The molecule has 0 N–H and O–H groups in total. The Kier molecular flexibility index (Phi) is 3.71. The lowest BCUT2D eigenvalue weighted by Gasteiger charge is -2.30. The first kappa shape index (κ1) is 12.9. The fourth-order valence-electron chi connectivity index (χ4n) is 2.86. The summed E-state index contributed by atoms with van der Waals surface area (Å²) in [4.78, 5) is 2.51. The molecule has 4 nitrogen and oxygen atoms in total. The highest BCUT2D eigenvalue weighted by Gasteiger charge is 2.20. The lowest BCUT2D eigenvalue weighted by Crippen LogP contribution is -2.34. The van der Waals surface area contributed by atoms with Crippen LogP contribution in [0.5, 0.6) is 0 Å². The molecular weight excluding hydrogens is 260 g/mol. The Bertz CT molecular complexity index is 558. The van der Waals surface area contributed by atoms with Crippen molar-refractivity contribution in [2.75, 3.05) is 19.6 Å². The van der Waals surface area contributed by atoms with Gasteiger partial charge in [0.2, 0.25) is 0 Å². The van der Waals surface area contributed by atoms with Crippen LogP contribution in [0.3, 0.4) is 0 Å². The molecule has 3 heterocycles. The summed E-state index contributed by atoms with van der Waals surface area (Å²) in [7, 11) is 0. The van der Waals surface area contributed by atoms with Crippen molar-refractivity contribution in [3.8, 4) is 0 Å². The quantitative estimate of drug-likeness (QED) is 0.810. The highest BCUT2D eigenvalue weighted by molar-refractivity contribution is 6.29. The number of pyridine rings is 1. The maximum absolute atomic E-state index is 6.24. The third-order valence-corrected chi connectivity index (χ3v) is 4.37. The Morgan fingerprint density at radius 2 is 2.05 bits per heavy atom. The lowest BCUT2D eigenvalue weighted by molar-refractivity contribution is 0.190. The summed E-state index contributed by atoms with van der Waals surface area (Å²) in [5.74, 6) is 1.70. The SMILES string of the molecule is CCN1CCC(Cc2nnc3cccc(Cl)n23)CC1. The molecular formula is C14H19ClN4. The molecule has 0 amide bonds. The predicted octanol–water partition coefficient (Wildman–Crippen LogP) is 2.66. The van der Waals surface area contributed by atoms with Crippen LogP contribution in [0.4, 0.5) is 0 Å². The fourth-order valence-corrected chi connectivity index (χ4v) is 3.11. The van der Waals surface area contributed by atoms with E-state index in [0.29, 0.717) is 11.1 Å². The molecule has 0 aromatic carbocycles. The Hall–Kier alpha value is -1.13. The summed E-state index contributed by atoms with van der Waals surface area (Å²) < 4.78 is 1.97. The zero-order valence-electron chi connectivity index (χ0n) is 11.2. The molecule has 0 atom stereocenters. The minimum Gasteiger partial charge on any atom is -0.304 e.